The van der Waals surface area contributed by atoms with E-state index in [0.29, 0.717) is 11.3 Å². The third-order valence-electron chi connectivity index (χ3n) is 7.23. The maximum absolute atomic E-state index is 12.8. The van der Waals surface area contributed by atoms with Crippen molar-refractivity contribution in [2.75, 3.05) is 6.54 Å². The van der Waals surface area contributed by atoms with E-state index in [9.17, 15) is 9.59 Å². The SMILES string of the molecule is O=C(N[C@H]1CC2(C1)C[C@H](c1n[nH]c(=O)c3ccccc31)C2)c1csc2c1CCNC2. The van der Waals surface area contributed by atoms with Crippen molar-refractivity contribution >= 4 is 28.0 Å². The average molecular weight is 421 g/mol. The third kappa shape index (κ3) is 2.83. The zero-order valence-corrected chi connectivity index (χ0v) is 17.5. The van der Waals surface area contributed by atoms with Gasteiger partial charge in [-0.15, -0.1) is 11.3 Å². The molecule has 6 rings (SSSR count). The number of hydrogen-bond acceptors (Lipinski definition) is 5. The van der Waals surface area contributed by atoms with Crippen LogP contribution in [-0.2, 0) is 13.0 Å². The van der Waals surface area contributed by atoms with E-state index >= 15 is 0 Å². The summed E-state index contributed by atoms with van der Waals surface area (Å²) < 4.78 is 0. The van der Waals surface area contributed by atoms with Crippen molar-refractivity contribution in [3.63, 3.8) is 0 Å². The van der Waals surface area contributed by atoms with Gasteiger partial charge in [0.25, 0.3) is 11.5 Å². The third-order valence-corrected chi connectivity index (χ3v) is 8.26. The molecule has 154 valence electrons. The number of nitrogens with one attached hydrogen (secondary N) is 3. The van der Waals surface area contributed by atoms with Crippen LogP contribution in [0.4, 0.5) is 0 Å². The summed E-state index contributed by atoms with van der Waals surface area (Å²) in [5.74, 6) is 0.484. The van der Waals surface area contributed by atoms with Gasteiger partial charge in [-0.05, 0) is 55.7 Å². The Morgan fingerprint density at radius 2 is 1.97 bits per heavy atom. The van der Waals surface area contributed by atoms with Gasteiger partial charge in [0.15, 0.2) is 0 Å². The monoisotopic (exact) mass is 420 g/mol. The molecule has 2 saturated carbocycles. The van der Waals surface area contributed by atoms with Crippen LogP contribution in [0.1, 0.15) is 58.1 Å². The number of aromatic amines is 1. The molecule has 2 aromatic heterocycles. The summed E-state index contributed by atoms with van der Waals surface area (Å²) in [6.45, 7) is 1.83. The summed E-state index contributed by atoms with van der Waals surface area (Å²) in [6, 6.07) is 8.00. The molecule has 1 spiro atoms. The van der Waals surface area contributed by atoms with Gasteiger partial charge in [0, 0.05) is 34.1 Å². The number of fused-ring (bicyclic) bond motifs is 2. The van der Waals surface area contributed by atoms with Gasteiger partial charge < -0.3 is 10.6 Å². The normalized spacial score (nSPS) is 27.3. The van der Waals surface area contributed by atoms with Crippen LogP contribution in [0.2, 0.25) is 0 Å². The van der Waals surface area contributed by atoms with E-state index in [2.05, 4.69) is 20.8 Å². The van der Waals surface area contributed by atoms with Crippen LogP contribution in [0.5, 0.6) is 0 Å². The van der Waals surface area contributed by atoms with E-state index in [4.69, 9.17) is 0 Å². The number of hydrogen-bond donors (Lipinski definition) is 3. The molecule has 1 aromatic carbocycles. The van der Waals surface area contributed by atoms with Gasteiger partial charge in [0.1, 0.15) is 0 Å². The molecule has 0 atom stereocenters. The summed E-state index contributed by atoms with van der Waals surface area (Å²) in [4.78, 5) is 26.1. The second kappa shape index (κ2) is 6.75. The van der Waals surface area contributed by atoms with Gasteiger partial charge in [0.2, 0.25) is 0 Å². The Morgan fingerprint density at radius 3 is 2.80 bits per heavy atom. The molecule has 1 aliphatic heterocycles. The Hall–Kier alpha value is -2.51. The highest BCUT2D eigenvalue weighted by atomic mass is 32.1. The number of H-pyrrole nitrogens is 1. The maximum Gasteiger partial charge on any atom is 0.272 e. The van der Waals surface area contributed by atoms with Gasteiger partial charge in [0.05, 0.1) is 16.6 Å². The zero-order valence-electron chi connectivity index (χ0n) is 16.7. The second-order valence-electron chi connectivity index (χ2n) is 9.15. The minimum Gasteiger partial charge on any atom is -0.349 e. The van der Waals surface area contributed by atoms with Crippen LogP contribution in [-0.4, -0.2) is 28.7 Å². The molecule has 3 heterocycles. The molecule has 7 heteroatoms. The number of thiophene rings is 1. The molecule has 2 aliphatic carbocycles. The first kappa shape index (κ1) is 18.3. The number of amides is 1. The van der Waals surface area contributed by atoms with E-state index in [-0.39, 0.29) is 17.5 Å². The van der Waals surface area contributed by atoms with E-state index in [1.54, 1.807) is 11.3 Å². The first-order valence-electron chi connectivity index (χ1n) is 10.7. The minimum atomic E-state index is -0.124. The topological polar surface area (TPSA) is 86.9 Å². The summed E-state index contributed by atoms with van der Waals surface area (Å²) in [5.41, 5.74) is 3.35. The van der Waals surface area contributed by atoms with Crippen molar-refractivity contribution in [3.05, 3.63) is 61.7 Å². The molecule has 6 nitrogen and oxygen atoms in total. The van der Waals surface area contributed by atoms with Crippen molar-refractivity contribution in [1.29, 1.82) is 0 Å². The Morgan fingerprint density at radius 1 is 1.17 bits per heavy atom. The van der Waals surface area contributed by atoms with Crippen LogP contribution in [0.3, 0.4) is 0 Å². The lowest BCUT2D eigenvalue weighted by molar-refractivity contribution is -0.0196. The van der Waals surface area contributed by atoms with Crippen molar-refractivity contribution in [3.8, 4) is 0 Å². The summed E-state index contributed by atoms with van der Waals surface area (Å²) >= 11 is 1.69. The number of carbonyl (C=O) groups excluding carboxylic acids is 1. The van der Waals surface area contributed by atoms with E-state index < -0.39 is 0 Å². The lowest BCUT2D eigenvalue weighted by Gasteiger charge is -2.57. The minimum absolute atomic E-state index is 0.0958. The fourth-order valence-corrected chi connectivity index (χ4v) is 6.81. The lowest BCUT2D eigenvalue weighted by atomic mass is 9.49. The smallest absolute Gasteiger partial charge is 0.272 e. The number of rotatable bonds is 3. The van der Waals surface area contributed by atoms with Crippen molar-refractivity contribution in [2.24, 2.45) is 5.41 Å². The first-order valence-corrected chi connectivity index (χ1v) is 11.6. The number of aromatic nitrogens is 2. The Labute approximate surface area is 178 Å². The largest absolute Gasteiger partial charge is 0.349 e. The Balaban J connectivity index is 1.10. The molecule has 0 radical (unpaired) electrons. The van der Waals surface area contributed by atoms with E-state index in [1.807, 2.05) is 29.6 Å². The molecular formula is C23H24N4O2S. The van der Waals surface area contributed by atoms with E-state index in [0.717, 1.165) is 67.2 Å². The van der Waals surface area contributed by atoms with Crippen molar-refractivity contribution < 1.29 is 4.79 Å². The molecule has 0 unspecified atom stereocenters. The summed E-state index contributed by atoms with van der Waals surface area (Å²) in [7, 11) is 0. The molecule has 0 saturated heterocycles. The molecule has 1 amide bonds. The molecule has 0 bridgehead atoms. The van der Waals surface area contributed by atoms with Crippen molar-refractivity contribution in [2.45, 2.75) is 50.6 Å². The van der Waals surface area contributed by atoms with Crippen LogP contribution in [0.25, 0.3) is 10.8 Å². The van der Waals surface area contributed by atoms with Gasteiger partial charge in [-0.1, -0.05) is 18.2 Å². The Bertz CT molecular complexity index is 1200. The quantitative estimate of drug-likeness (QED) is 0.608. The first-order chi connectivity index (χ1) is 14.6. The molecule has 3 aliphatic rings. The van der Waals surface area contributed by atoms with Gasteiger partial charge in [-0.25, -0.2) is 5.10 Å². The number of benzene rings is 1. The van der Waals surface area contributed by atoms with Gasteiger partial charge in [-0.3, -0.25) is 9.59 Å². The highest BCUT2D eigenvalue weighted by Crippen LogP contribution is 2.62. The number of nitrogens with zero attached hydrogens (tertiary/aromatic N) is 1. The standard InChI is InChI=1S/C23H24N4O2S/c28-21(18-12-30-19-11-24-6-5-15(18)19)25-14-9-23(10-14)7-13(8-23)20-16-3-1-2-4-17(16)22(29)27-26-20/h1-4,12-14,24H,5-11H2,(H,25,28)(H,27,29)/t13-,14-,23?. The summed E-state index contributed by atoms with van der Waals surface area (Å²) in [6.07, 6.45) is 5.21. The Kier molecular flexibility index (Phi) is 4.11. The fraction of sp³-hybridized carbons (Fsp3) is 0.435. The molecule has 30 heavy (non-hydrogen) atoms. The molecule has 3 aromatic rings. The van der Waals surface area contributed by atoms with Gasteiger partial charge in [-0.2, -0.15) is 5.10 Å². The van der Waals surface area contributed by atoms with Crippen LogP contribution >= 0.6 is 11.3 Å². The highest BCUT2D eigenvalue weighted by molar-refractivity contribution is 7.10. The molecule has 3 N–H and O–H groups in total. The number of carbonyl (C=O) groups is 1. The highest BCUT2D eigenvalue weighted by Gasteiger charge is 2.54. The average Bonchev–Trinajstić information content (AvgIpc) is 3.14. The van der Waals surface area contributed by atoms with Crippen LogP contribution < -0.4 is 16.2 Å². The molecule has 2 fully saturated rings. The maximum atomic E-state index is 12.8. The summed E-state index contributed by atoms with van der Waals surface area (Å²) in [5, 5.41) is 17.4. The van der Waals surface area contributed by atoms with Gasteiger partial charge >= 0.3 is 0 Å². The predicted molar refractivity (Wildman–Crippen MR) is 117 cm³/mol. The zero-order chi connectivity index (χ0) is 20.3. The van der Waals surface area contributed by atoms with Crippen LogP contribution in [0.15, 0.2) is 34.4 Å². The van der Waals surface area contributed by atoms with Crippen molar-refractivity contribution in [1.82, 2.24) is 20.8 Å². The molecular weight excluding hydrogens is 396 g/mol. The fourth-order valence-electron chi connectivity index (χ4n) is 5.76. The second-order valence-corrected chi connectivity index (χ2v) is 10.1. The lowest BCUT2D eigenvalue weighted by Crippen LogP contribution is -2.55. The van der Waals surface area contributed by atoms with Crippen LogP contribution in [0, 0.1) is 5.41 Å². The van der Waals surface area contributed by atoms with E-state index in [1.165, 1.54) is 10.4 Å². The predicted octanol–water partition coefficient (Wildman–Crippen LogP) is 3.09.